The lowest BCUT2D eigenvalue weighted by Crippen LogP contribution is -2.62. The smallest absolute Gasteiger partial charge is 0.385 e. The van der Waals surface area contributed by atoms with Gasteiger partial charge in [0, 0.05) is 45.5 Å². The van der Waals surface area contributed by atoms with Gasteiger partial charge in [0.25, 0.3) is 0 Å². The maximum Gasteiger partial charge on any atom is 0.385 e. The average molecular weight is 468 g/mol. The van der Waals surface area contributed by atoms with Crippen LogP contribution in [0.3, 0.4) is 0 Å². The molecular weight excluding hydrogens is 444 g/mol. The summed E-state index contributed by atoms with van der Waals surface area (Å²) in [6.45, 7) is 0.592. The monoisotopic (exact) mass is 468 g/mol. The van der Waals surface area contributed by atoms with Gasteiger partial charge in [-0.1, -0.05) is 48.5 Å². The van der Waals surface area contributed by atoms with E-state index < -0.39 is 0 Å². The Morgan fingerprint density at radius 2 is 0.389 bits per heavy atom. The van der Waals surface area contributed by atoms with E-state index in [2.05, 4.69) is 90.4 Å². The first-order valence-electron chi connectivity index (χ1n) is 12.3. The van der Waals surface area contributed by atoms with Gasteiger partial charge in [-0.3, -0.25) is 0 Å². The van der Waals surface area contributed by atoms with Crippen molar-refractivity contribution in [3.8, 4) is 0 Å². The maximum absolute atomic E-state index is 3.50. The van der Waals surface area contributed by atoms with Crippen LogP contribution in [0.1, 0.15) is 0 Å². The van der Waals surface area contributed by atoms with Gasteiger partial charge in [-0.15, -0.1) is 0 Å². The Morgan fingerprint density at radius 1 is 0.250 bits per heavy atom. The van der Waals surface area contributed by atoms with Gasteiger partial charge < -0.3 is 41.8 Å². The van der Waals surface area contributed by atoms with Gasteiger partial charge in [0.2, 0.25) is 0 Å². The number of rotatable bonds is 0. The molecular formula is C24H24B4N8. The van der Waals surface area contributed by atoms with Crippen molar-refractivity contribution in [2.75, 3.05) is 41.8 Å². The molecule has 0 aromatic heterocycles. The highest BCUT2D eigenvalue weighted by atomic mass is 15.1. The van der Waals surface area contributed by atoms with Crippen molar-refractivity contribution < 1.29 is 0 Å². The van der Waals surface area contributed by atoms with Gasteiger partial charge in [-0.2, -0.15) is 0 Å². The maximum atomic E-state index is 3.50. The topological polar surface area (TPSA) is 96.2 Å². The molecule has 36 heavy (non-hydrogen) atoms. The second kappa shape index (κ2) is 8.64. The highest BCUT2D eigenvalue weighted by molar-refractivity contribution is 7.29. The highest BCUT2D eigenvalue weighted by Gasteiger charge is 2.42. The summed E-state index contributed by atoms with van der Waals surface area (Å²) < 4.78 is 0. The van der Waals surface area contributed by atoms with Crippen molar-refractivity contribution in [3.05, 3.63) is 97.1 Å². The van der Waals surface area contributed by atoms with Crippen molar-refractivity contribution in [2.24, 2.45) is 0 Å². The number of nitrogens with one attached hydrogen (secondary N) is 8. The summed E-state index contributed by atoms with van der Waals surface area (Å²) in [5.74, 6) is 0. The molecule has 4 heterocycles. The zero-order valence-corrected chi connectivity index (χ0v) is 19.5. The van der Waals surface area contributed by atoms with E-state index in [0.29, 0.717) is 0 Å². The molecule has 8 N–H and O–H groups in total. The molecule has 0 bridgehead atoms. The van der Waals surface area contributed by atoms with Crippen molar-refractivity contribution in [3.63, 3.8) is 0 Å². The zero-order valence-electron chi connectivity index (χ0n) is 19.5. The third kappa shape index (κ3) is 3.80. The standard InChI is InChI=1S/2C12H12B2N4/c2*1-2-6-10-9(5-1)15-13-14(16-10)18-12-8-4-3-7-11(12)17-13/h2*1-8,15-18H. The summed E-state index contributed by atoms with van der Waals surface area (Å²) in [4.78, 5) is 0. The minimum atomic E-state index is 0.148. The molecule has 0 fully saturated rings. The molecule has 4 aromatic carbocycles. The van der Waals surface area contributed by atoms with Gasteiger partial charge in [-0.05, 0) is 48.5 Å². The molecule has 8 rings (SSSR count). The van der Waals surface area contributed by atoms with Crippen LogP contribution in [0.25, 0.3) is 0 Å². The van der Waals surface area contributed by atoms with Gasteiger partial charge in [-0.25, -0.2) is 0 Å². The van der Waals surface area contributed by atoms with Crippen LogP contribution in [0.5, 0.6) is 0 Å². The van der Waals surface area contributed by atoms with Crippen LogP contribution in [0.4, 0.5) is 45.5 Å². The quantitative estimate of drug-likeness (QED) is 0.182. The Labute approximate surface area is 211 Å². The Kier molecular flexibility index (Phi) is 5.01. The van der Waals surface area contributed by atoms with E-state index in [4.69, 9.17) is 0 Å². The number of benzene rings is 4. The Morgan fingerprint density at radius 3 is 0.528 bits per heavy atom. The average Bonchev–Trinajstić information content (AvgIpc) is 2.93. The second-order valence-corrected chi connectivity index (χ2v) is 9.25. The lowest BCUT2D eigenvalue weighted by Gasteiger charge is -2.36. The van der Waals surface area contributed by atoms with E-state index in [1.165, 1.54) is 0 Å². The minimum Gasteiger partial charge on any atom is -0.411 e. The van der Waals surface area contributed by atoms with Crippen LogP contribution in [0, 0.1) is 0 Å². The predicted molar refractivity (Wildman–Crippen MR) is 158 cm³/mol. The molecule has 0 saturated carbocycles. The van der Waals surface area contributed by atoms with Crippen LogP contribution in [-0.4, -0.2) is 27.5 Å². The van der Waals surface area contributed by atoms with Gasteiger partial charge in [0.1, 0.15) is 0 Å². The molecule has 8 nitrogen and oxygen atoms in total. The van der Waals surface area contributed by atoms with E-state index in [0.717, 1.165) is 45.5 Å². The van der Waals surface area contributed by atoms with Crippen molar-refractivity contribution in [1.82, 2.24) is 0 Å². The fourth-order valence-corrected chi connectivity index (χ4v) is 5.09. The van der Waals surface area contributed by atoms with Crippen molar-refractivity contribution >= 4 is 73.0 Å². The van der Waals surface area contributed by atoms with Gasteiger partial charge in [0.05, 0.1) is 0 Å². The fraction of sp³-hybridized carbons (Fsp3) is 0. The van der Waals surface area contributed by atoms with Crippen LogP contribution >= 0.6 is 0 Å². The summed E-state index contributed by atoms with van der Waals surface area (Å²) in [6.07, 6.45) is 0. The van der Waals surface area contributed by atoms with E-state index >= 15 is 0 Å². The molecule has 0 amide bonds. The Bertz CT molecular complexity index is 1110. The lowest BCUT2D eigenvalue weighted by molar-refractivity contribution is 1.52. The molecule has 172 valence electrons. The highest BCUT2D eigenvalue weighted by Crippen LogP contribution is 2.33. The number of anilines is 8. The van der Waals surface area contributed by atoms with E-state index in [1.807, 2.05) is 48.5 Å². The van der Waals surface area contributed by atoms with Gasteiger partial charge >= 0.3 is 27.5 Å². The van der Waals surface area contributed by atoms with Crippen LogP contribution in [0.15, 0.2) is 97.1 Å². The molecule has 12 heteroatoms. The number of fused-ring (bicyclic) bond motifs is 6. The van der Waals surface area contributed by atoms with Crippen molar-refractivity contribution in [2.45, 2.75) is 0 Å². The molecule has 0 saturated heterocycles. The molecule has 4 aliphatic heterocycles. The lowest BCUT2D eigenvalue weighted by atomic mass is 9.32. The Hall–Kier alpha value is -4.46. The summed E-state index contributed by atoms with van der Waals surface area (Å²) in [7, 11) is 0. The number of hydrogen-bond acceptors (Lipinski definition) is 8. The predicted octanol–water partition coefficient (Wildman–Crippen LogP) is 4.23. The molecule has 4 aromatic rings. The van der Waals surface area contributed by atoms with Crippen LogP contribution in [0.2, 0.25) is 0 Å². The molecule has 0 unspecified atom stereocenters. The largest absolute Gasteiger partial charge is 0.411 e. The van der Waals surface area contributed by atoms with Crippen molar-refractivity contribution in [1.29, 1.82) is 0 Å². The van der Waals surface area contributed by atoms with Crippen LogP contribution < -0.4 is 41.8 Å². The first-order valence-corrected chi connectivity index (χ1v) is 12.3. The van der Waals surface area contributed by atoms with E-state index in [-0.39, 0.29) is 27.5 Å². The third-order valence-electron chi connectivity index (χ3n) is 6.86. The molecule has 0 radical (unpaired) electrons. The SMILES string of the molecule is c1ccc2c(c1)NB1Nc3ccccc3NB1N2.c1ccc2c(c1)NB1Nc3ccccc3NB1N2. The molecule has 4 aliphatic rings. The summed E-state index contributed by atoms with van der Waals surface area (Å²) in [5.41, 5.74) is 9.06. The van der Waals surface area contributed by atoms with Gasteiger partial charge in [0.15, 0.2) is 0 Å². The third-order valence-corrected chi connectivity index (χ3v) is 6.86. The Balaban J connectivity index is 0.000000122. The first-order chi connectivity index (χ1) is 17.8. The summed E-state index contributed by atoms with van der Waals surface area (Å²) in [6, 6.07) is 33.0. The second-order valence-electron chi connectivity index (χ2n) is 9.25. The summed E-state index contributed by atoms with van der Waals surface area (Å²) >= 11 is 0. The van der Waals surface area contributed by atoms with E-state index in [1.54, 1.807) is 0 Å². The van der Waals surface area contributed by atoms with Crippen LogP contribution in [-0.2, 0) is 0 Å². The zero-order chi connectivity index (χ0) is 23.9. The molecule has 0 atom stereocenters. The molecule has 0 aliphatic carbocycles. The molecule has 0 spiro atoms. The van der Waals surface area contributed by atoms with E-state index in [9.17, 15) is 0 Å². The normalized spacial score (nSPS) is 15.1. The first kappa shape index (κ1) is 20.9. The number of para-hydroxylation sites is 8. The fourth-order valence-electron chi connectivity index (χ4n) is 5.09. The minimum absolute atomic E-state index is 0.148. The summed E-state index contributed by atoms with van der Waals surface area (Å²) in [5, 5.41) is 28.0. The number of hydrogen-bond donors (Lipinski definition) is 8.